The second-order valence-electron chi connectivity index (χ2n) is 9.49. The Labute approximate surface area is 231 Å². The summed E-state index contributed by atoms with van der Waals surface area (Å²) in [5.74, 6) is -3.59. The van der Waals surface area contributed by atoms with Crippen molar-refractivity contribution in [2.24, 2.45) is 4.36 Å². The van der Waals surface area contributed by atoms with E-state index in [9.17, 15) is 35.8 Å². The number of aromatic nitrogens is 3. The number of carbonyl (C=O) groups is 2. The average Bonchev–Trinajstić information content (AvgIpc) is 3.29. The molecule has 16 heteroatoms. The maximum atomic E-state index is 14.1. The van der Waals surface area contributed by atoms with Crippen molar-refractivity contribution in [3.05, 3.63) is 54.0 Å². The van der Waals surface area contributed by atoms with Gasteiger partial charge in [-0.15, -0.1) is 17.5 Å². The lowest BCUT2D eigenvalue weighted by atomic mass is 9.99. The van der Waals surface area contributed by atoms with Gasteiger partial charge in [-0.05, 0) is 37.1 Å². The molecule has 1 unspecified atom stereocenters. The summed E-state index contributed by atoms with van der Waals surface area (Å²) in [6, 6.07) is 5.53. The normalized spacial score (nSPS) is 16.9. The Balaban J connectivity index is 1.78. The molecule has 0 saturated carbocycles. The van der Waals surface area contributed by atoms with Gasteiger partial charge in [-0.2, -0.15) is 9.78 Å². The van der Waals surface area contributed by atoms with E-state index in [1.54, 1.807) is 0 Å². The number of alkyl halides is 5. The second-order valence-corrected chi connectivity index (χ2v) is 11.8. The molecule has 1 fully saturated rings. The highest BCUT2D eigenvalue weighted by Gasteiger charge is 2.35. The number of halogens is 5. The number of rotatable bonds is 5. The van der Waals surface area contributed by atoms with Crippen molar-refractivity contribution in [2.75, 3.05) is 29.6 Å². The molecule has 10 nitrogen and oxygen atoms in total. The van der Waals surface area contributed by atoms with E-state index in [0.717, 1.165) is 18.6 Å². The van der Waals surface area contributed by atoms with E-state index in [4.69, 9.17) is 5.11 Å². The molecule has 1 aliphatic heterocycles. The Kier molecular flexibility index (Phi) is 8.07. The minimum atomic E-state index is -4.77. The fourth-order valence-corrected chi connectivity index (χ4v) is 5.55. The summed E-state index contributed by atoms with van der Waals surface area (Å²) in [5.41, 5.74) is 0.469. The smallest absolute Gasteiger partial charge is 0.463 e. The standard InChI is InChI=1S/C25H25F5N6O4S/c1-15-19(16-12-32-36(14-16)25(28,29)30)13-31-21(35-9-4-7-24(26,27)8-10-35)20(15)22(37)33-17-5-3-6-18(11-17)41(2,40)34-23(38)39/h3,5-6,11-14H,4,7-10H2,1-2H3,(H,33,37)(H,38,39). The van der Waals surface area contributed by atoms with E-state index < -0.39 is 40.4 Å². The SMILES string of the molecule is Cc1c(-c2cnn(C(F)(F)F)c2)cnc(N2CCCC(F)(F)CC2)c1C(=O)Nc1cccc(S(C)(=O)=NC(=O)O)c1. The van der Waals surface area contributed by atoms with Crippen LogP contribution in [-0.2, 0) is 16.0 Å². The van der Waals surface area contributed by atoms with E-state index in [1.165, 1.54) is 42.3 Å². The topological polar surface area (TPSA) is 130 Å². The predicted octanol–water partition coefficient (Wildman–Crippen LogP) is 5.74. The molecule has 1 aromatic carbocycles. The molecule has 0 radical (unpaired) electrons. The lowest BCUT2D eigenvalue weighted by Gasteiger charge is -2.26. The highest BCUT2D eigenvalue weighted by Crippen LogP contribution is 2.35. The summed E-state index contributed by atoms with van der Waals surface area (Å²) < 4.78 is 83.4. The van der Waals surface area contributed by atoms with Gasteiger partial charge in [0.25, 0.3) is 5.91 Å². The highest BCUT2D eigenvalue weighted by molar-refractivity contribution is 7.93. The van der Waals surface area contributed by atoms with Crippen LogP contribution in [0.3, 0.4) is 0 Å². The summed E-state index contributed by atoms with van der Waals surface area (Å²) in [5, 5.41) is 14.9. The third kappa shape index (κ3) is 6.81. The van der Waals surface area contributed by atoms with Crippen molar-refractivity contribution in [1.29, 1.82) is 0 Å². The van der Waals surface area contributed by atoms with E-state index in [-0.39, 0.29) is 69.3 Å². The molecule has 1 aliphatic rings. The summed E-state index contributed by atoms with van der Waals surface area (Å²) in [4.78, 5) is 30.6. The van der Waals surface area contributed by atoms with Crippen molar-refractivity contribution in [1.82, 2.24) is 14.8 Å². The third-order valence-electron chi connectivity index (χ3n) is 6.50. The van der Waals surface area contributed by atoms with Gasteiger partial charge >= 0.3 is 12.4 Å². The Hall–Kier alpha value is -4.08. The minimum Gasteiger partial charge on any atom is -0.463 e. The van der Waals surface area contributed by atoms with Crippen molar-refractivity contribution in [3.63, 3.8) is 0 Å². The van der Waals surface area contributed by atoms with Crippen LogP contribution in [0.4, 0.5) is 38.3 Å². The Bertz CT molecular complexity index is 1610. The number of benzene rings is 1. The second kappa shape index (κ2) is 11.1. The number of nitrogens with zero attached hydrogens (tertiary/aromatic N) is 5. The van der Waals surface area contributed by atoms with Crippen LogP contribution in [0.15, 0.2) is 52.1 Å². The van der Waals surface area contributed by atoms with Gasteiger partial charge in [0.2, 0.25) is 5.92 Å². The molecule has 1 atom stereocenters. The largest absolute Gasteiger partial charge is 0.504 e. The first-order chi connectivity index (χ1) is 19.1. The van der Waals surface area contributed by atoms with Gasteiger partial charge in [-0.1, -0.05) is 6.07 Å². The van der Waals surface area contributed by atoms with Gasteiger partial charge in [0, 0.05) is 66.3 Å². The Morgan fingerprint density at radius 3 is 2.56 bits per heavy atom. The van der Waals surface area contributed by atoms with Crippen LogP contribution in [0.25, 0.3) is 11.1 Å². The lowest BCUT2D eigenvalue weighted by Crippen LogP contribution is -2.30. The van der Waals surface area contributed by atoms with E-state index in [2.05, 4.69) is 19.8 Å². The van der Waals surface area contributed by atoms with E-state index in [0.29, 0.717) is 0 Å². The summed E-state index contributed by atoms with van der Waals surface area (Å²) in [6.45, 7) is 1.54. The van der Waals surface area contributed by atoms with Crippen molar-refractivity contribution in [3.8, 4) is 11.1 Å². The number of anilines is 2. The van der Waals surface area contributed by atoms with Crippen LogP contribution >= 0.6 is 0 Å². The molecule has 2 N–H and O–H groups in total. The van der Waals surface area contributed by atoms with Crippen molar-refractivity contribution >= 4 is 33.2 Å². The van der Waals surface area contributed by atoms with Gasteiger partial charge in [0.15, 0.2) is 0 Å². The summed E-state index contributed by atoms with van der Waals surface area (Å²) in [7, 11) is -3.35. The van der Waals surface area contributed by atoms with E-state index in [1.807, 2.05) is 0 Å². The van der Waals surface area contributed by atoms with Crippen LogP contribution in [0.2, 0.25) is 0 Å². The molecule has 0 aliphatic carbocycles. The predicted molar refractivity (Wildman–Crippen MR) is 140 cm³/mol. The average molecular weight is 601 g/mol. The maximum Gasteiger partial charge on any atom is 0.504 e. The maximum absolute atomic E-state index is 14.1. The molecular formula is C25H25F5N6O4S. The fraction of sp³-hybridized carbons (Fsp3) is 0.360. The summed E-state index contributed by atoms with van der Waals surface area (Å²) in [6.07, 6.45) is -3.01. The number of carboxylic acid groups (broad SMARTS) is 1. The first kappa shape index (κ1) is 29.9. The zero-order valence-electron chi connectivity index (χ0n) is 21.8. The molecule has 0 spiro atoms. The number of hydrogen-bond donors (Lipinski definition) is 2. The number of carbonyl (C=O) groups excluding carboxylic acids is 1. The molecule has 2 amide bonds. The van der Waals surface area contributed by atoms with Crippen LogP contribution in [0, 0.1) is 6.92 Å². The number of nitrogens with one attached hydrogen (secondary N) is 1. The van der Waals surface area contributed by atoms with Gasteiger partial charge in [0.1, 0.15) is 5.82 Å². The lowest BCUT2D eigenvalue weighted by molar-refractivity contribution is -0.212. The minimum absolute atomic E-state index is 0.0239. The molecular weight excluding hydrogens is 575 g/mol. The highest BCUT2D eigenvalue weighted by atomic mass is 32.2. The molecule has 4 rings (SSSR count). The zero-order valence-corrected chi connectivity index (χ0v) is 22.6. The zero-order chi connectivity index (χ0) is 30.2. The third-order valence-corrected chi connectivity index (χ3v) is 8.13. The fourth-order valence-electron chi connectivity index (χ4n) is 4.47. The van der Waals surface area contributed by atoms with Crippen LogP contribution in [0.5, 0.6) is 0 Å². The quantitative estimate of drug-likeness (QED) is 0.357. The van der Waals surface area contributed by atoms with Crippen LogP contribution in [-0.4, -0.2) is 61.3 Å². The van der Waals surface area contributed by atoms with Gasteiger partial charge < -0.3 is 15.3 Å². The van der Waals surface area contributed by atoms with Gasteiger partial charge in [-0.3, -0.25) is 4.79 Å². The van der Waals surface area contributed by atoms with Crippen molar-refractivity contribution in [2.45, 2.75) is 43.3 Å². The first-order valence-corrected chi connectivity index (χ1v) is 14.1. The van der Waals surface area contributed by atoms with Crippen LogP contribution in [0.1, 0.15) is 35.2 Å². The van der Waals surface area contributed by atoms with Gasteiger partial charge in [-0.25, -0.2) is 22.8 Å². The number of hydrogen-bond acceptors (Lipinski definition) is 6. The first-order valence-electron chi connectivity index (χ1n) is 12.2. The van der Waals surface area contributed by atoms with Crippen molar-refractivity contribution < 1.29 is 40.9 Å². The molecule has 3 aromatic rings. The monoisotopic (exact) mass is 600 g/mol. The molecule has 3 heterocycles. The number of pyridine rings is 1. The molecule has 220 valence electrons. The van der Waals surface area contributed by atoms with Crippen LogP contribution < -0.4 is 10.2 Å². The molecule has 41 heavy (non-hydrogen) atoms. The number of amides is 2. The molecule has 0 bridgehead atoms. The molecule has 2 aromatic heterocycles. The summed E-state index contributed by atoms with van der Waals surface area (Å²) >= 11 is 0. The molecule has 1 saturated heterocycles. The Morgan fingerprint density at radius 1 is 1.17 bits per heavy atom. The van der Waals surface area contributed by atoms with Gasteiger partial charge in [0.05, 0.1) is 21.5 Å². The van der Waals surface area contributed by atoms with E-state index >= 15 is 0 Å². The Morgan fingerprint density at radius 2 is 1.90 bits per heavy atom.